The molecule has 2 aliphatic rings. The van der Waals surface area contributed by atoms with E-state index in [1.807, 2.05) is 0 Å². The number of hydrogen-bond donors (Lipinski definition) is 2. The van der Waals surface area contributed by atoms with Crippen molar-refractivity contribution in [3.63, 3.8) is 0 Å². The summed E-state index contributed by atoms with van der Waals surface area (Å²) in [6.07, 6.45) is 6.79. The van der Waals surface area contributed by atoms with Crippen LogP contribution in [0.5, 0.6) is 0 Å². The van der Waals surface area contributed by atoms with Crippen LogP contribution < -0.4 is 10.6 Å². The van der Waals surface area contributed by atoms with E-state index in [-0.39, 0.29) is 11.5 Å². The van der Waals surface area contributed by atoms with Crippen molar-refractivity contribution < 1.29 is 9.53 Å². The summed E-state index contributed by atoms with van der Waals surface area (Å²) >= 11 is 0. The lowest BCUT2D eigenvalue weighted by Crippen LogP contribution is -2.47. The first-order valence-electron chi connectivity index (χ1n) is 7.22. The first-order valence-corrected chi connectivity index (χ1v) is 7.22. The molecule has 1 aliphatic heterocycles. The molecule has 1 unspecified atom stereocenters. The van der Waals surface area contributed by atoms with E-state index >= 15 is 0 Å². The summed E-state index contributed by atoms with van der Waals surface area (Å²) < 4.78 is 5.67. The Kier molecular flexibility index (Phi) is 4.62. The molecule has 2 rings (SSSR count). The zero-order chi connectivity index (χ0) is 13.0. The molecule has 0 spiro atoms. The van der Waals surface area contributed by atoms with E-state index in [4.69, 9.17) is 4.74 Å². The van der Waals surface area contributed by atoms with Crippen LogP contribution in [0, 0.1) is 0 Å². The Bertz CT molecular complexity index is 286. The average Bonchev–Trinajstić information content (AvgIpc) is 2.78. The minimum Gasteiger partial charge on any atom is -0.375 e. The van der Waals surface area contributed by atoms with E-state index < -0.39 is 0 Å². The van der Waals surface area contributed by atoms with Crippen LogP contribution in [-0.2, 0) is 9.53 Å². The van der Waals surface area contributed by atoms with Gasteiger partial charge >= 0.3 is 0 Å². The zero-order valence-electron chi connectivity index (χ0n) is 11.6. The Morgan fingerprint density at radius 3 is 2.61 bits per heavy atom. The molecule has 2 N–H and O–H groups in total. The third-order valence-corrected chi connectivity index (χ3v) is 3.97. The van der Waals surface area contributed by atoms with Crippen LogP contribution in [0.15, 0.2) is 0 Å². The minimum absolute atomic E-state index is 0.0577. The molecule has 1 atom stereocenters. The van der Waals surface area contributed by atoms with E-state index in [1.165, 1.54) is 12.8 Å². The Labute approximate surface area is 110 Å². The predicted octanol–water partition coefficient (Wildman–Crippen LogP) is 1.59. The summed E-state index contributed by atoms with van der Waals surface area (Å²) in [5.74, 6) is 0.145. The Morgan fingerprint density at radius 1 is 1.22 bits per heavy atom. The smallest absolute Gasteiger partial charge is 0.234 e. The van der Waals surface area contributed by atoms with Crippen molar-refractivity contribution in [3.05, 3.63) is 0 Å². The topological polar surface area (TPSA) is 50.4 Å². The second kappa shape index (κ2) is 6.02. The van der Waals surface area contributed by atoms with Crippen LogP contribution in [0.4, 0.5) is 0 Å². The van der Waals surface area contributed by atoms with Gasteiger partial charge in [0, 0.05) is 18.7 Å². The van der Waals surface area contributed by atoms with Crippen molar-refractivity contribution in [1.29, 1.82) is 0 Å². The van der Waals surface area contributed by atoms with Gasteiger partial charge in [-0.2, -0.15) is 0 Å². The summed E-state index contributed by atoms with van der Waals surface area (Å²) in [6, 6.07) is 0.827. The maximum absolute atomic E-state index is 11.8. The largest absolute Gasteiger partial charge is 0.375 e. The fraction of sp³-hybridized carbons (Fsp3) is 0.929. The molecule has 1 saturated heterocycles. The summed E-state index contributed by atoms with van der Waals surface area (Å²) in [5, 5.41) is 6.47. The second-order valence-corrected chi connectivity index (χ2v) is 6.23. The number of carbonyl (C=O) groups excluding carboxylic acids is 1. The molecule has 0 radical (unpaired) electrons. The highest BCUT2D eigenvalue weighted by atomic mass is 16.5. The van der Waals surface area contributed by atoms with Crippen LogP contribution in [-0.4, -0.2) is 36.7 Å². The maximum Gasteiger partial charge on any atom is 0.234 e. The lowest BCUT2D eigenvalue weighted by Gasteiger charge is -2.35. The SMILES string of the molecule is CC1(C)CC(NCC(=O)NC2CCCC2)CCO1. The van der Waals surface area contributed by atoms with Crippen molar-refractivity contribution in [2.24, 2.45) is 0 Å². The number of nitrogens with one attached hydrogen (secondary N) is 2. The second-order valence-electron chi connectivity index (χ2n) is 6.23. The van der Waals surface area contributed by atoms with Gasteiger partial charge in [0.25, 0.3) is 0 Å². The van der Waals surface area contributed by atoms with Gasteiger partial charge in [-0.1, -0.05) is 12.8 Å². The van der Waals surface area contributed by atoms with E-state index in [1.54, 1.807) is 0 Å². The van der Waals surface area contributed by atoms with Gasteiger partial charge in [0.05, 0.1) is 12.1 Å². The standard InChI is InChI=1S/C14H26N2O2/c1-14(2)9-12(7-8-18-14)15-10-13(17)16-11-5-3-4-6-11/h11-12,15H,3-10H2,1-2H3,(H,16,17). The highest BCUT2D eigenvalue weighted by Crippen LogP contribution is 2.23. The lowest BCUT2D eigenvalue weighted by molar-refractivity contribution is -0.121. The van der Waals surface area contributed by atoms with Crippen LogP contribution in [0.25, 0.3) is 0 Å². The summed E-state index contributed by atoms with van der Waals surface area (Å²) in [5.41, 5.74) is -0.0577. The molecule has 104 valence electrons. The predicted molar refractivity (Wildman–Crippen MR) is 71.5 cm³/mol. The molecule has 1 amide bonds. The van der Waals surface area contributed by atoms with Crippen molar-refractivity contribution in [2.45, 2.75) is 70.1 Å². The van der Waals surface area contributed by atoms with Gasteiger partial charge in [0.1, 0.15) is 0 Å². The molecule has 1 heterocycles. The first-order chi connectivity index (χ1) is 8.55. The highest BCUT2D eigenvalue weighted by Gasteiger charge is 2.28. The Balaban J connectivity index is 1.65. The van der Waals surface area contributed by atoms with E-state index in [9.17, 15) is 4.79 Å². The van der Waals surface area contributed by atoms with Gasteiger partial charge < -0.3 is 15.4 Å². The highest BCUT2D eigenvalue weighted by molar-refractivity contribution is 5.78. The molecule has 18 heavy (non-hydrogen) atoms. The lowest BCUT2D eigenvalue weighted by atomic mass is 9.94. The Morgan fingerprint density at radius 2 is 1.94 bits per heavy atom. The quantitative estimate of drug-likeness (QED) is 0.801. The number of hydrogen-bond acceptors (Lipinski definition) is 3. The van der Waals surface area contributed by atoms with Crippen LogP contribution >= 0.6 is 0 Å². The molecular formula is C14H26N2O2. The molecular weight excluding hydrogens is 228 g/mol. The molecule has 0 aromatic rings. The summed E-state index contributed by atoms with van der Waals surface area (Å²) in [6.45, 7) is 5.45. The fourth-order valence-corrected chi connectivity index (χ4v) is 2.99. The minimum atomic E-state index is -0.0577. The molecule has 1 saturated carbocycles. The van der Waals surface area contributed by atoms with Gasteiger partial charge in [0.15, 0.2) is 0 Å². The average molecular weight is 254 g/mol. The van der Waals surface area contributed by atoms with Crippen molar-refractivity contribution in [2.75, 3.05) is 13.2 Å². The number of ether oxygens (including phenoxy) is 1. The first kappa shape index (κ1) is 13.8. The number of amides is 1. The molecule has 1 aliphatic carbocycles. The molecule has 4 heteroatoms. The summed E-state index contributed by atoms with van der Waals surface area (Å²) in [4.78, 5) is 11.8. The summed E-state index contributed by atoms with van der Waals surface area (Å²) in [7, 11) is 0. The number of carbonyl (C=O) groups is 1. The van der Waals surface area contributed by atoms with Gasteiger partial charge in [-0.3, -0.25) is 4.79 Å². The molecule has 0 bridgehead atoms. The van der Waals surface area contributed by atoms with Crippen LogP contribution in [0.2, 0.25) is 0 Å². The van der Waals surface area contributed by atoms with Crippen molar-refractivity contribution in [1.82, 2.24) is 10.6 Å². The van der Waals surface area contributed by atoms with Crippen molar-refractivity contribution in [3.8, 4) is 0 Å². The van der Waals surface area contributed by atoms with Gasteiger partial charge in [-0.15, -0.1) is 0 Å². The molecule has 4 nitrogen and oxygen atoms in total. The number of rotatable bonds is 4. The van der Waals surface area contributed by atoms with Gasteiger partial charge in [-0.05, 0) is 39.5 Å². The molecule has 2 fully saturated rings. The van der Waals surface area contributed by atoms with Crippen LogP contribution in [0.3, 0.4) is 0 Å². The monoisotopic (exact) mass is 254 g/mol. The van der Waals surface area contributed by atoms with E-state index in [0.717, 1.165) is 32.3 Å². The van der Waals surface area contributed by atoms with Crippen LogP contribution in [0.1, 0.15) is 52.4 Å². The van der Waals surface area contributed by atoms with E-state index in [2.05, 4.69) is 24.5 Å². The zero-order valence-corrected chi connectivity index (χ0v) is 11.6. The van der Waals surface area contributed by atoms with Gasteiger partial charge in [0.2, 0.25) is 5.91 Å². The molecule has 0 aromatic heterocycles. The third kappa shape index (κ3) is 4.25. The molecule has 0 aromatic carbocycles. The Hall–Kier alpha value is -0.610. The van der Waals surface area contributed by atoms with Gasteiger partial charge in [-0.25, -0.2) is 0 Å². The third-order valence-electron chi connectivity index (χ3n) is 3.97. The van der Waals surface area contributed by atoms with E-state index in [0.29, 0.717) is 18.6 Å². The normalized spacial score (nSPS) is 28.2. The maximum atomic E-state index is 11.8. The van der Waals surface area contributed by atoms with Crippen molar-refractivity contribution >= 4 is 5.91 Å². The fourth-order valence-electron chi connectivity index (χ4n) is 2.99.